The number of ether oxygens (including phenoxy) is 1. The first-order chi connectivity index (χ1) is 9.56. The van der Waals surface area contributed by atoms with Crippen LogP contribution in [0.4, 0.5) is 4.39 Å². The largest absolute Gasteiger partial charge is 0.496 e. The standard InChI is InChI=1S/C15H14ClFN2O/c1-4-10-8-13(16)19-15(18-9(10)2)14-11(17)6-5-7-12(14)20-3/h4-7H,1,8H2,2-3H3. The van der Waals surface area contributed by atoms with Crippen LogP contribution in [0.5, 0.6) is 5.75 Å². The molecule has 2 rings (SSSR count). The molecule has 5 heteroatoms. The Hall–Kier alpha value is -1.94. The summed E-state index contributed by atoms with van der Waals surface area (Å²) >= 11 is 6.08. The van der Waals surface area contributed by atoms with Crippen molar-refractivity contribution in [3.63, 3.8) is 0 Å². The highest BCUT2D eigenvalue weighted by Crippen LogP contribution is 2.26. The number of rotatable bonds is 3. The van der Waals surface area contributed by atoms with Crippen LogP contribution in [0.25, 0.3) is 0 Å². The summed E-state index contributed by atoms with van der Waals surface area (Å²) in [5, 5.41) is 0.334. The highest BCUT2D eigenvalue weighted by atomic mass is 35.5. The zero-order chi connectivity index (χ0) is 14.7. The number of amidine groups is 1. The van der Waals surface area contributed by atoms with Gasteiger partial charge in [-0.2, -0.15) is 0 Å². The van der Waals surface area contributed by atoms with Crippen LogP contribution in [-0.4, -0.2) is 18.1 Å². The van der Waals surface area contributed by atoms with Crippen LogP contribution in [0.3, 0.4) is 0 Å². The third-order valence-electron chi connectivity index (χ3n) is 2.97. The maximum absolute atomic E-state index is 14.1. The second kappa shape index (κ2) is 6.01. The maximum atomic E-state index is 14.1. The SMILES string of the molecule is C=CC1=C(C)N=C(c2c(F)cccc2OC)N=C(Cl)C1. The van der Waals surface area contributed by atoms with Crippen molar-refractivity contribution >= 4 is 22.6 Å². The van der Waals surface area contributed by atoms with Crippen molar-refractivity contribution in [3.05, 3.63) is 53.5 Å². The van der Waals surface area contributed by atoms with Gasteiger partial charge in [-0.1, -0.05) is 30.3 Å². The number of benzene rings is 1. The molecule has 3 nitrogen and oxygen atoms in total. The number of allylic oxidation sites excluding steroid dienone is 3. The molecule has 0 bridgehead atoms. The van der Waals surface area contributed by atoms with E-state index in [9.17, 15) is 4.39 Å². The molecule has 0 aromatic heterocycles. The van der Waals surface area contributed by atoms with Gasteiger partial charge in [0.2, 0.25) is 0 Å². The van der Waals surface area contributed by atoms with Gasteiger partial charge >= 0.3 is 0 Å². The monoisotopic (exact) mass is 292 g/mol. The molecule has 0 unspecified atom stereocenters. The van der Waals surface area contributed by atoms with Crippen LogP contribution in [0, 0.1) is 5.82 Å². The van der Waals surface area contributed by atoms with Crippen molar-refractivity contribution in [2.45, 2.75) is 13.3 Å². The minimum atomic E-state index is -0.453. The van der Waals surface area contributed by atoms with E-state index in [4.69, 9.17) is 16.3 Å². The molecule has 1 heterocycles. The van der Waals surface area contributed by atoms with Crippen molar-refractivity contribution in [2.75, 3.05) is 7.11 Å². The maximum Gasteiger partial charge on any atom is 0.167 e. The van der Waals surface area contributed by atoms with Gasteiger partial charge in [-0.3, -0.25) is 0 Å². The summed E-state index contributed by atoms with van der Waals surface area (Å²) in [6.07, 6.45) is 2.11. The summed E-state index contributed by atoms with van der Waals surface area (Å²) in [5.41, 5.74) is 1.78. The van der Waals surface area contributed by atoms with E-state index in [2.05, 4.69) is 16.6 Å². The van der Waals surface area contributed by atoms with Crippen molar-refractivity contribution in [1.29, 1.82) is 0 Å². The fourth-order valence-corrected chi connectivity index (χ4v) is 2.14. The molecular formula is C15H14ClFN2O. The fourth-order valence-electron chi connectivity index (χ4n) is 1.92. The van der Waals surface area contributed by atoms with Gasteiger partial charge in [-0.15, -0.1) is 0 Å². The topological polar surface area (TPSA) is 34.0 Å². The molecule has 0 atom stereocenters. The van der Waals surface area contributed by atoms with E-state index < -0.39 is 5.82 Å². The van der Waals surface area contributed by atoms with Crippen LogP contribution in [0.2, 0.25) is 0 Å². The van der Waals surface area contributed by atoms with Gasteiger partial charge < -0.3 is 4.74 Å². The van der Waals surface area contributed by atoms with E-state index in [0.717, 1.165) is 5.57 Å². The van der Waals surface area contributed by atoms with Crippen molar-refractivity contribution in [3.8, 4) is 5.75 Å². The molecular weight excluding hydrogens is 279 g/mol. The average molecular weight is 293 g/mol. The van der Waals surface area contributed by atoms with Gasteiger partial charge in [0.05, 0.1) is 12.7 Å². The third-order valence-corrected chi connectivity index (χ3v) is 3.19. The van der Waals surface area contributed by atoms with Crippen LogP contribution in [-0.2, 0) is 0 Å². The van der Waals surface area contributed by atoms with Gasteiger partial charge in [0, 0.05) is 12.1 Å². The molecule has 1 aromatic rings. The number of methoxy groups -OCH3 is 1. The second-order valence-corrected chi connectivity index (χ2v) is 4.67. The highest BCUT2D eigenvalue weighted by molar-refractivity contribution is 6.66. The summed E-state index contributed by atoms with van der Waals surface area (Å²) in [6, 6.07) is 4.56. The van der Waals surface area contributed by atoms with Crippen LogP contribution in [0.1, 0.15) is 18.9 Å². The Balaban J connectivity index is 2.65. The zero-order valence-electron chi connectivity index (χ0n) is 11.3. The predicted octanol–water partition coefficient (Wildman–Crippen LogP) is 4.08. The van der Waals surface area contributed by atoms with Crippen molar-refractivity contribution in [2.24, 2.45) is 9.98 Å². The molecule has 0 N–H and O–H groups in total. The molecule has 0 saturated carbocycles. The summed E-state index contributed by atoms with van der Waals surface area (Å²) in [7, 11) is 1.47. The quantitative estimate of drug-likeness (QED) is 0.826. The first kappa shape index (κ1) is 14.5. The van der Waals surface area contributed by atoms with Crippen molar-refractivity contribution in [1.82, 2.24) is 0 Å². The summed E-state index contributed by atoms with van der Waals surface area (Å²) in [6.45, 7) is 5.54. The molecule has 1 aliphatic rings. The number of aliphatic imine (C=N–C) groups is 2. The number of nitrogens with zero attached hydrogens (tertiary/aromatic N) is 2. The lowest BCUT2D eigenvalue weighted by molar-refractivity contribution is 0.410. The normalized spacial score (nSPS) is 15.4. The Morgan fingerprint density at radius 3 is 2.80 bits per heavy atom. The lowest BCUT2D eigenvalue weighted by Gasteiger charge is -2.08. The first-order valence-corrected chi connectivity index (χ1v) is 6.41. The molecule has 0 amide bonds. The van der Waals surface area contributed by atoms with Gasteiger partial charge in [0.25, 0.3) is 0 Å². The zero-order valence-corrected chi connectivity index (χ0v) is 12.0. The molecule has 104 valence electrons. The van der Waals surface area contributed by atoms with Crippen molar-refractivity contribution < 1.29 is 9.13 Å². The number of hydrogen-bond donors (Lipinski definition) is 0. The Bertz CT molecular complexity index is 647. The summed E-state index contributed by atoms with van der Waals surface area (Å²) in [4.78, 5) is 8.54. The Labute approximate surface area is 122 Å². The second-order valence-electron chi connectivity index (χ2n) is 4.23. The molecule has 0 saturated heterocycles. The van der Waals surface area contributed by atoms with E-state index in [1.165, 1.54) is 13.2 Å². The Morgan fingerprint density at radius 2 is 2.15 bits per heavy atom. The Morgan fingerprint density at radius 1 is 1.40 bits per heavy atom. The van der Waals surface area contributed by atoms with Gasteiger partial charge in [0.15, 0.2) is 5.84 Å². The smallest absolute Gasteiger partial charge is 0.167 e. The predicted molar refractivity (Wildman–Crippen MR) is 80.3 cm³/mol. The lowest BCUT2D eigenvalue weighted by Crippen LogP contribution is -2.05. The van der Waals surface area contributed by atoms with Gasteiger partial charge in [-0.25, -0.2) is 14.4 Å². The minimum absolute atomic E-state index is 0.206. The molecule has 0 radical (unpaired) electrons. The highest BCUT2D eigenvalue weighted by Gasteiger charge is 2.18. The molecule has 1 aromatic carbocycles. The van der Waals surface area contributed by atoms with E-state index in [-0.39, 0.29) is 11.4 Å². The lowest BCUT2D eigenvalue weighted by atomic mass is 10.1. The van der Waals surface area contributed by atoms with Gasteiger partial charge in [-0.05, 0) is 24.6 Å². The van der Waals surface area contributed by atoms with Crippen LogP contribution >= 0.6 is 11.6 Å². The minimum Gasteiger partial charge on any atom is -0.496 e. The third kappa shape index (κ3) is 2.80. The number of hydrogen-bond acceptors (Lipinski definition) is 3. The van der Waals surface area contributed by atoms with E-state index in [1.807, 2.05) is 6.92 Å². The summed E-state index contributed by atoms with van der Waals surface area (Å²) < 4.78 is 19.3. The molecule has 0 fully saturated rings. The molecule has 1 aliphatic heterocycles. The Kier molecular flexibility index (Phi) is 4.35. The van der Waals surface area contributed by atoms with E-state index in [0.29, 0.717) is 23.0 Å². The van der Waals surface area contributed by atoms with Crippen LogP contribution in [0.15, 0.2) is 52.1 Å². The molecule has 0 aliphatic carbocycles. The summed E-state index contributed by atoms with van der Waals surface area (Å²) in [5.74, 6) is 0.122. The van der Waals surface area contributed by atoms with E-state index in [1.54, 1.807) is 18.2 Å². The average Bonchev–Trinajstić information content (AvgIpc) is 2.56. The first-order valence-electron chi connectivity index (χ1n) is 6.03. The molecule has 20 heavy (non-hydrogen) atoms. The molecule has 0 spiro atoms. The fraction of sp³-hybridized carbons (Fsp3) is 0.200. The van der Waals surface area contributed by atoms with E-state index >= 15 is 0 Å². The van der Waals surface area contributed by atoms with Gasteiger partial charge in [0.1, 0.15) is 16.7 Å². The van der Waals surface area contributed by atoms with Crippen LogP contribution < -0.4 is 4.74 Å². The number of halogens is 2.